The number of hydrogen-bond acceptors (Lipinski definition) is 1. The smallest absolute Gasteiger partial charge is 0.00218 e. The molecule has 0 rings (SSSR count). The Kier molecular flexibility index (Phi) is 34.0. The molecule has 0 unspecified atom stereocenters. The Morgan fingerprint density at radius 2 is 0.553 bits per heavy atom. The molecule has 0 bridgehead atoms. The van der Waals surface area contributed by atoms with Crippen LogP contribution >= 0.6 is 0 Å². The zero-order valence-corrected chi connectivity index (χ0v) is 27.0. The lowest BCUT2D eigenvalue weighted by Crippen LogP contribution is -2.20. The number of allylic oxidation sites excluding steroid dienone is 4. The van der Waals surface area contributed by atoms with Crippen molar-refractivity contribution < 1.29 is 0 Å². The summed E-state index contributed by atoms with van der Waals surface area (Å²) in [5.41, 5.74) is 0. The SMILES string of the molecule is CCCCCCCCC=CCCCCCCCCN(C)CCCCCCCCC=CCCCCCCCC. The van der Waals surface area contributed by atoms with E-state index in [1.165, 1.54) is 193 Å². The molecule has 226 valence electrons. The molecule has 0 aromatic rings. The molecule has 0 aliphatic rings. The van der Waals surface area contributed by atoms with E-state index in [0.29, 0.717) is 0 Å². The van der Waals surface area contributed by atoms with E-state index < -0.39 is 0 Å². The molecule has 0 saturated heterocycles. The molecule has 0 aromatic carbocycles. The maximum absolute atomic E-state index is 2.57. The lowest BCUT2D eigenvalue weighted by atomic mass is 10.1. The Bertz CT molecular complexity index is 423. The van der Waals surface area contributed by atoms with Gasteiger partial charge < -0.3 is 4.90 Å². The van der Waals surface area contributed by atoms with E-state index in [-0.39, 0.29) is 0 Å². The van der Waals surface area contributed by atoms with Crippen molar-refractivity contribution >= 4 is 0 Å². The van der Waals surface area contributed by atoms with Gasteiger partial charge in [-0.05, 0) is 84.3 Å². The van der Waals surface area contributed by atoms with E-state index in [9.17, 15) is 0 Å². The van der Waals surface area contributed by atoms with Crippen LogP contribution in [0.1, 0.15) is 194 Å². The molecular formula is C37H73N. The summed E-state index contributed by atoms with van der Waals surface area (Å²) in [4.78, 5) is 2.57. The average Bonchev–Trinajstić information content (AvgIpc) is 2.92. The second-order valence-corrected chi connectivity index (χ2v) is 12.2. The predicted octanol–water partition coefficient (Wildman–Crippen LogP) is 13.0. The van der Waals surface area contributed by atoms with Crippen LogP contribution in [0.25, 0.3) is 0 Å². The van der Waals surface area contributed by atoms with Gasteiger partial charge in [-0.3, -0.25) is 0 Å². The Morgan fingerprint density at radius 1 is 0.316 bits per heavy atom. The van der Waals surface area contributed by atoms with Crippen molar-refractivity contribution in [3.63, 3.8) is 0 Å². The van der Waals surface area contributed by atoms with Crippen molar-refractivity contribution in [2.45, 2.75) is 194 Å². The molecule has 0 N–H and O–H groups in total. The first-order chi connectivity index (χ1) is 18.8. The van der Waals surface area contributed by atoms with Gasteiger partial charge in [0, 0.05) is 0 Å². The van der Waals surface area contributed by atoms with Crippen molar-refractivity contribution in [2.24, 2.45) is 0 Å². The van der Waals surface area contributed by atoms with Gasteiger partial charge >= 0.3 is 0 Å². The second kappa shape index (κ2) is 34.5. The Balaban J connectivity index is 3.22. The minimum absolute atomic E-state index is 1.30. The molecule has 38 heavy (non-hydrogen) atoms. The van der Waals surface area contributed by atoms with Gasteiger partial charge in [-0.25, -0.2) is 0 Å². The van der Waals surface area contributed by atoms with Crippen molar-refractivity contribution in [1.29, 1.82) is 0 Å². The van der Waals surface area contributed by atoms with Gasteiger partial charge in [-0.2, -0.15) is 0 Å². The molecule has 1 nitrogen and oxygen atoms in total. The minimum Gasteiger partial charge on any atom is -0.306 e. The summed E-state index contributed by atoms with van der Waals surface area (Å²) in [6.45, 7) is 7.19. The third-order valence-corrected chi connectivity index (χ3v) is 8.10. The molecule has 0 radical (unpaired) electrons. The van der Waals surface area contributed by atoms with Crippen molar-refractivity contribution in [1.82, 2.24) is 4.90 Å². The molecule has 0 heterocycles. The van der Waals surface area contributed by atoms with Crippen molar-refractivity contribution in [2.75, 3.05) is 20.1 Å². The summed E-state index contributed by atoms with van der Waals surface area (Å²) in [5.74, 6) is 0. The number of nitrogens with zero attached hydrogens (tertiary/aromatic N) is 1. The molecule has 1 heteroatoms. The van der Waals surface area contributed by atoms with Gasteiger partial charge in [-0.15, -0.1) is 0 Å². The van der Waals surface area contributed by atoms with Gasteiger partial charge in [0.25, 0.3) is 0 Å². The van der Waals surface area contributed by atoms with Gasteiger partial charge in [0.05, 0.1) is 0 Å². The summed E-state index contributed by atoms with van der Waals surface area (Å²) in [5, 5.41) is 0. The van der Waals surface area contributed by atoms with Crippen LogP contribution in [0.4, 0.5) is 0 Å². The fourth-order valence-corrected chi connectivity index (χ4v) is 5.37. The Morgan fingerprint density at radius 3 is 0.842 bits per heavy atom. The number of unbranched alkanes of at least 4 members (excludes halogenated alkanes) is 24. The van der Waals surface area contributed by atoms with Crippen LogP contribution in [-0.2, 0) is 0 Å². The van der Waals surface area contributed by atoms with E-state index in [4.69, 9.17) is 0 Å². The van der Waals surface area contributed by atoms with Crippen LogP contribution in [0.3, 0.4) is 0 Å². The summed E-state index contributed by atoms with van der Waals surface area (Å²) in [6.07, 6.45) is 48.9. The molecular weight excluding hydrogens is 458 g/mol. The highest BCUT2D eigenvalue weighted by Crippen LogP contribution is 2.12. The van der Waals surface area contributed by atoms with Gasteiger partial charge in [0.2, 0.25) is 0 Å². The first-order valence-electron chi connectivity index (χ1n) is 17.8. The van der Waals surface area contributed by atoms with Gasteiger partial charge in [-0.1, -0.05) is 154 Å². The van der Waals surface area contributed by atoms with Crippen LogP contribution in [0, 0.1) is 0 Å². The third-order valence-electron chi connectivity index (χ3n) is 8.10. The fourth-order valence-electron chi connectivity index (χ4n) is 5.37. The lowest BCUT2D eigenvalue weighted by molar-refractivity contribution is 0.314. The highest BCUT2D eigenvalue weighted by Gasteiger charge is 1.99. The van der Waals surface area contributed by atoms with Crippen molar-refractivity contribution in [3.05, 3.63) is 24.3 Å². The standard InChI is InChI=1S/C37H73N/c1-4-6-8-10-12-14-16-18-20-22-24-26-28-30-32-34-36-38(3)37-35-33-31-29-27-25-23-21-19-17-15-13-11-9-7-5-2/h18-21H,4-17,22-37H2,1-3H3. The van der Waals surface area contributed by atoms with E-state index >= 15 is 0 Å². The Hall–Kier alpha value is -0.560. The second-order valence-electron chi connectivity index (χ2n) is 12.2. The Labute approximate surface area is 242 Å². The van der Waals surface area contributed by atoms with Crippen LogP contribution in [0.15, 0.2) is 24.3 Å². The third kappa shape index (κ3) is 33.5. The minimum atomic E-state index is 1.30. The van der Waals surface area contributed by atoms with Crippen LogP contribution in [0.2, 0.25) is 0 Å². The topological polar surface area (TPSA) is 3.24 Å². The van der Waals surface area contributed by atoms with Gasteiger partial charge in [0.1, 0.15) is 0 Å². The van der Waals surface area contributed by atoms with E-state index in [1.54, 1.807) is 0 Å². The largest absolute Gasteiger partial charge is 0.306 e. The molecule has 0 aromatic heterocycles. The van der Waals surface area contributed by atoms with E-state index in [2.05, 4.69) is 50.1 Å². The fraction of sp³-hybridized carbons (Fsp3) is 0.892. The number of rotatable bonds is 32. The average molecular weight is 532 g/mol. The zero-order valence-electron chi connectivity index (χ0n) is 27.0. The first-order valence-corrected chi connectivity index (χ1v) is 17.8. The molecule has 0 aliphatic heterocycles. The number of hydrogen-bond donors (Lipinski definition) is 0. The van der Waals surface area contributed by atoms with Crippen molar-refractivity contribution in [3.8, 4) is 0 Å². The quantitative estimate of drug-likeness (QED) is 0.0616. The van der Waals surface area contributed by atoms with Crippen LogP contribution in [-0.4, -0.2) is 25.0 Å². The van der Waals surface area contributed by atoms with Crippen LogP contribution in [0.5, 0.6) is 0 Å². The van der Waals surface area contributed by atoms with Crippen LogP contribution < -0.4 is 0 Å². The zero-order chi connectivity index (χ0) is 27.6. The maximum Gasteiger partial charge on any atom is -0.00218 e. The molecule has 0 fully saturated rings. The molecule has 0 atom stereocenters. The molecule has 0 spiro atoms. The highest BCUT2D eigenvalue weighted by molar-refractivity contribution is 4.82. The van der Waals surface area contributed by atoms with E-state index in [1.807, 2.05) is 0 Å². The van der Waals surface area contributed by atoms with E-state index in [0.717, 1.165) is 0 Å². The predicted molar refractivity (Wildman–Crippen MR) is 176 cm³/mol. The highest BCUT2D eigenvalue weighted by atomic mass is 15.1. The normalized spacial score (nSPS) is 12.1. The molecule has 0 saturated carbocycles. The lowest BCUT2D eigenvalue weighted by Gasteiger charge is -2.16. The van der Waals surface area contributed by atoms with Gasteiger partial charge in [0.15, 0.2) is 0 Å². The summed E-state index contributed by atoms with van der Waals surface area (Å²) < 4.78 is 0. The molecule has 0 aliphatic carbocycles. The molecule has 0 amide bonds. The summed E-state index contributed by atoms with van der Waals surface area (Å²) in [6, 6.07) is 0. The first kappa shape index (κ1) is 37.4. The monoisotopic (exact) mass is 532 g/mol. The summed E-state index contributed by atoms with van der Waals surface area (Å²) >= 11 is 0. The maximum atomic E-state index is 2.57. The summed E-state index contributed by atoms with van der Waals surface area (Å²) in [7, 11) is 2.33.